The Morgan fingerprint density at radius 3 is 2.42 bits per heavy atom. The van der Waals surface area contributed by atoms with Crippen LogP contribution in [0.2, 0.25) is 5.02 Å². The molecule has 0 aromatic heterocycles. The van der Waals surface area contributed by atoms with E-state index in [2.05, 4.69) is 33.0 Å². The van der Waals surface area contributed by atoms with Crippen molar-refractivity contribution in [1.29, 1.82) is 0 Å². The van der Waals surface area contributed by atoms with Crippen LogP contribution in [-0.2, 0) is 0 Å². The number of piperazine rings is 1. The fourth-order valence-electron chi connectivity index (χ4n) is 3.78. The van der Waals surface area contributed by atoms with E-state index in [1.807, 2.05) is 62.4 Å². The van der Waals surface area contributed by atoms with Crippen LogP contribution in [0.3, 0.4) is 0 Å². The van der Waals surface area contributed by atoms with Gasteiger partial charge in [0.2, 0.25) is 0 Å². The quantitative estimate of drug-likeness (QED) is 0.505. The molecule has 1 heterocycles. The number of carbonyl (C=O) groups excluding carboxylic acids is 1. The molecule has 4 rings (SSSR count). The summed E-state index contributed by atoms with van der Waals surface area (Å²) in [6.45, 7) is 7.92. The molecule has 1 aliphatic rings. The van der Waals surface area contributed by atoms with Crippen LogP contribution < -0.4 is 20.9 Å². The third-order valence-corrected chi connectivity index (χ3v) is 6.06. The summed E-state index contributed by atoms with van der Waals surface area (Å²) >= 11 is 6.27. The van der Waals surface area contributed by atoms with Crippen LogP contribution in [0.1, 0.15) is 21.5 Å². The highest BCUT2D eigenvalue weighted by molar-refractivity contribution is 6.31. The van der Waals surface area contributed by atoms with Gasteiger partial charge in [-0.3, -0.25) is 4.79 Å². The minimum atomic E-state index is -0.152. The lowest BCUT2D eigenvalue weighted by molar-refractivity contribution is 0.102. The number of benzene rings is 3. The topological polar surface area (TPSA) is 56.4 Å². The monoisotopic (exact) mass is 434 g/mol. The lowest BCUT2D eigenvalue weighted by Crippen LogP contribution is -2.43. The first kappa shape index (κ1) is 21.2. The zero-order valence-corrected chi connectivity index (χ0v) is 18.6. The van der Waals surface area contributed by atoms with E-state index < -0.39 is 0 Å². The van der Waals surface area contributed by atoms with Crippen LogP contribution in [-0.4, -0.2) is 32.1 Å². The van der Waals surface area contributed by atoms with E-state index in [4.69, 9.17) is 11.6 Å². The van der Waals surface area contributed by atoms with Crippen LogP contribution in [0.4, 0.5) is 22.7 Å². The van der Waals surface area contributed by atoms with Crippen LogP contribution in [0.5, 0.6) is 0 Å². The van der Waals surface area contributed by atoms with Gasteiger partial charge in [0.05, 0.1) is 11.3 Å². The van der Waals surface area contributed by atoms with Crippen LogP contribution >= 0.6 is 11.6 Å². The largest absolute Gasteiger partial charge is 0.369 e. The van der Waals surface area contributed by atoms with E-state index >= 15 is 0 Å². The van der Waals surface area contributed by atoms with E-state index in [-0.39, 0.29) is 5.91 Å². The smallest absolute Gasteiger partial charge is 0.257 e. The Morgan fingerprint density at radius 2 is 1.68 bits per heavy atom. The molecule has 0 saturated carbocycles. The van der Waals surface area contributed by atoms with Crippen molar-refractivity contribution in [1.82, 2.24) is 5.32 Å². The Labute approximate surface area is 188 Å². The summed E-state index contributed by atoms with van der Waals surface area (Å²) in [5, 5.41) is 10.5. The summed E-state index contributed by atoms with van der Waals surface area (Å²) in [4.78, 5) is 15.5. The first-order valence-corrected chi connectivity index (χ1v) is 10.9. The van der Waals surface area contributed by atoms with Crippen molar-refractivity contribution in [3.63, 3.8) is 0 Å². The van der Waals surface area contributed by atoms with E-state index in [0.717, 1.165) is 54.4 Å². The molecule has 0 spiro atoms. The molecule has 1 aliphatic heterocycles. The van der Waals surface area contributed by atoms with Gasteiger partial charge < -0.3 is 20.9 Å². The summed E-state index contributed by atoms with van der Waals surface area (Å²) in [6.07, 6.45) is 0. The zero-order valence-electron chi connectivity index (χ0n) is 17.8. The highest BCUT2D eigenvalue weighted by Gasteiger charge is 2.16. The van der Waals surface area contributed by atoms with Crippen LogP contribution in [0.25, 0.3) is 0 Å². The predicted octanol–water partition coefficient (Wildman–Crippen LogP) is 5.36. The Kier molecular flexibility index (Phi) is 6.44. The number of hydrogen-bond donors (Lipinski definition) is 3. The van der Waals surface area contributed by atoms with Crippen LogP contribution in [0, 0.1) is 13.8 Å². The van der Waals surface area contributed by atoms with Crippen molar-refractivity contribution in [3.05, 3.63) is 82.4 Å². The fourth-order valence-corrected chi connectivity index (χ4v) is 3.95. The summed E-state index contributed by atoms with van der Waals surface area (Å²) in [7, 11) is 0. The van der Waals surface area contributed by atoms with Crippen LogP contribution in [0.15, 0.2) is 60.7 Å². The number of hydrogen-bond acceptors (Lipinski definition) is 4. The number of aryl methyl sites for hydroxylation is 1. The number of nitrogens with zero attached hydrogens (tertiary/aromatic N) is 1. The number of halogens is 1. The number of carbonyl (C=O) groups is 1. The molecule has 6 heteroatoms. The molecule has 0 bridgehead atoms. The summed E-state index contributed by atoms with van der Waals surface area (Å²) in [5.41, 5.74) is 6.14. The predicted molar refractivity (Wildman–Crippen MR) is 130 cm³/mol. The van der Waals surface area contributed by atoms with Gasteiger partial charge in [-0.2, -0.15) is 0 Å². The molecule has 1 saturated heterocycles. The highest BCUT2D eigenvalue weighted by Crippen LogP contribution is 2.30. The molecular weight excluding hydrogens is 408 g/mol. The molecule has 3 aromatic rings. The molecule has 0 unspecified atom stereocenters. The van der Waals surface area contributed by atoms with Gasteiger partial charge in [0, 0.05) is 48.3 Å². The highest BCUT2D eigenvalue weighted by atomic mass is 35.5. The van der Waals surface area contributed by atoms with Crippen molar-refractivity contribution >= 4 is 40.3 Å². The summed E-state index contributed by atoms with van der Waals surface area (Å²) in [6, 6.07) is 19.5. The number of rotatable bonds is 5. The van der Waals surface area contributed by atoms with E-state index in [9.17, 15) is 4.79 Å². The van der Waals surface area contributed by atoms with Gasteiger partial charge in [-0.05, 0) is 67.4 Å². The number of para-hydroxylation sites is 1. The number of nitrogens with one attached hydrogen (secondary N) is 3. The molecule has 1 fully saturated rings. The van der Waals surface area contributed by atoms with Gasteiger partial charge in [0.25, 0.3) is 5.91 Å². The second-order valence-electron chi connectivity index (χ2n) is 7.77. The minimum absolute atomic E-state index is 0.152. The van der Waals surface area contributed by atoms with Crippen molar-refractivity contribution < 1.29 is 4.79 Å². The molecular formula is C25H27ClN4O. The first-order valence-electron chi connectivity index (χ1n) is 10.5. The lowest BCUT2D eigenvalue weighted by Gasteiger charge is -2.29. The standard InChI is InChI=1S/C25H27ClN4O/c1-17-5-3-6-21(24(17)29-23-8-4-7-22(26)18(23)2)25(31)28-19-9-11-20(12-10-19)30-15-13-27-14-16-30/h3-12,27,29H,13-16H2,1-2H3,(H,28,31). The second kappa shape index (κ2) is 9.41. The number of anilines is 4. The maximum absolute atomic E-state index is 13.1. The molecule has 31 heavy (non-hydrogen) atoms. The summed E-state index contributed by atoms with van der Waals surface area (Å²) < 4.78 is 0. The molecule has 0 radical (unpaired) electrons. The average Bonchev–Trinajstić information content (AvgIpc) is 2.79. The van der Waals surface area contributed by atoms with Crippen molar-refractivity contribution in [3.8, 4) is 0 Å². The van der Waals surface area contributed by atoms with Crippen molar-refractivity contribution in [2.45, 2.75) is 13.8 Å². The van der Waals surface area contributed by atoms with Gasteiger partial charge in [0.1, 0.15) is 0 Å². The zero-order chi connectivity index (χ0) is 21.8. The molecule has 0 atom stereocenters. The minimum Gasteiger partial charge on any atom is -0.369 e. The van der Waals surface area contributed by atoms with E-state index in [1.54, 1.807) is 0 Å². The molecule has 160 valence electrons. The fraction of sp³-hybridized carbons (Fsp3) is 0.240. The Morgan fingerprint density at radius 1 is 0.968 bits per heavy atom. The number of amides is 1. The second-order valence-corrected chi connectivity index (χ2v) is 8.18. The first-order chi connectivity index (χ1) is 15.0. The molecule has 5 nitrogen and oxygen atoms in total. The molecule has 3 N–H and O–H groups in total. The maximum atomic E-state index is 13.1. The average molecular weight is 435 g/mol. The molecule has 3 aromatic carbocycles. The Hall–Kier alpha value is -3.02. The normalized spacial score (nSPS) is 13.7. The Bertz CT molecular complexity index is 1080. The molecule has 1 amide bonds. The maximum Gasteiger partial charge on any atom is 0.257 e. The Balaban J connectivity index is 1.53. The SMILES string of the molecule is Cc1cccc(C(=O)Nc2ccc(N3CCNCC3)cc2)c1Nc1cccc(Cl)c1C. The van der Waals surface area contributed by atoms with Gasteiger partial charge in [-0.15, -0.1) is 0 Å². The van der Waals surface area contributed by atoms with E-state index in [1.165, 1.54) is 5.69 Å². The van der Waals surface area contributed by atoms with Crippen molar-refractivity contribution in [2.24, 2.45) is 0 Å². The van der Waals surface area contributed by atoms with Gasteiger partial charge in [-0.25, -0.2) is 0 Å². The third-order valence-electron chi connectivity index (χ3n) is 5.65. The third kappa shape index (κ3) is 4.84. The summed E-state index contributed by atoms with van der Waals surface area (Å²) in [5.74, 6) is -0.152. The molecule has 0 aliphatic carbocycles. The van der Waals surface area contributed by atoms with E-state index in [0.29, 0.717) is 10.6 Å². The van der Waals surface area contributed by atoms with Gasteiger partial charge in [-0.1, -0.05) is 29.8 Å². The van der Waals surface area contributed by atoms with Crippen molar-refractivity contribution in [2.75, 3.05) is 41.7 Å². The lowest BCUT2D eigenvalue weighted by atomic mass is 10.1. The van der Waals surface area contributed by atoms with Gasteiger partial charge >= 0.3 is 0 Å². The van der Waals surface area contributed by atoms with Gasteiger partial charge in [0.15, 0.2) is 0 Å².